The fraction of sp³-hybridized carbons (Fsp3) is 0.200. The number of benzene rings is 2. The van der Waals surface area contributed by atoms with Crippen LogP contribution in [-0.2, 0) is 6.54 Å². The molecule has 0 aliphatic heterocycles. The van der Waals surface area contributed by atoms with Crippen molar-refractivity contribution in [2.75, 3.05) is 6.54 Å². The molecule has 100 valence electrons. The van der Waals surface area contributed by atoms with E-state index in [4.69, 9.17) is 11.6 Å². The van der Waals surface area contributed by atoms with E-state index in [0.29, 0.717) is 0 Å². The predicted molar refractivity (Wildman–Crippen MR) is 79.4 cm³/mol. The maximum Gasteiger partial charge on any atom is 0.124 e. The number of nitrogens with one attached hydrogen (secondary N) is 1. The molecule has 19 heavy (non-hydrogen) atoms. The summed E-state index contributed by atoms with van der Waals surface area (Å²) < 4.78 is 13.1. The zero-order chi connectivity index (χ0) is 13.7. The first-order chi connectivity index (χ1) is 9.19. The molecule has 0 atom stereocenters. The van der Waals surface area contributed by atoms with Gasteiger partial charge in [-0.25, -0.2) is 4.39 Å². The molecule has 0 fully saturated rings. The molecule has 1 N–H and O–H groups in total. The van der Waals surface area contributed by atoms with Crippen LogP contribution in [0.4, 0.5) is 4.39 Å². The van der Waals surface area contributed by atoms with E-state index < -0.39 is 0 Å². The van der Waals surface area contributed by atoms with Crippen molar-refractivity contribution in [3.63, 3.8) is 0 Å². The molecule has 0 bridgehead atoms. The zero-order valence-electron chi connectivity index (χ0n) is 10.6. The van der Waals surface area contributed by atoms with Gasteiger partial charge in [0.15, 0.2) is 0 Å². The minimum atomic E-state index is -0.222. The summed E-state index contributed by atoms with van der Waals surface area (Å²) in [5.41, 5.74) is 1.08. The summed E-state index contributed by atoms with van der Waals surface area (Å²) in [6.07, 6.45) is 0. The van der Waals surface area contributed by atoms with E-state index in [0.717, 1.165) is 33.5 Å². The van der Waals surface area contributed by atoms with E-state index in [2.05, 4.69) is 12.2 Å². The van der Waals surface area contributed by atoms with Crippen molar-refractivity contribution in [2.24, 2.45) is 0 Å². The van der Waals surface area contributed by atoms with Gasteiger partial charge >= 0.3 is 0 Å². The molecular formula is C15H15ClFNS. The van der Waals surface area contributed by atoms with Gasteiger partial charge in [0.1, 0.15) is 5.82 Å². The Morgan fingerprint density at radius 3 is 2.63 bits per heavy atom. The van der Waals surface area contributed by atoms with E-state index >= 15 is 0 Å². The van der Waals surface area contributed by atoms with Gasteiger partial charge in [0, 0.05) is 21.4 Å². The fourth-order valence-corrected chi connectivity index (χ4v) is 2.88. The van der Waals surface area contributed by atoms with Crippen molar-refractivity contribution in [3.8, 4) is 0 Å². The monoisotopic (exact) mass is 295 g/mol. The van der Waals surface area contributed by atoms with E-state index in [-0.39, 0.29) is 5.82 Å². The molecule has 0 saturated carbocycles. The van der Waals surface area contributed by atoms with E-state index in [1.807, 2.05) is 24.3 Å². The van der Waals surface area contributed by atoms with Crippen LogP contribution in [0.25, 0.3) is 0 Å². The van der Waals surface area contributed by atoms with Crippen molar-refractivity contribution in [3.05, 3.63) is 58.9 Å². The van der Waals surface area contributed by atoms with Gasteiger partial charge in [-0.3, -0.25) is 0 Å². The highest BCUT2D eigenvalue weighted by Gasteiger charge is 2.04. The zero-order valence-corrected chi connectivity index (χ0v) is 12.2. The topological polar surface area (TPSA) is 12.0 Å². The lowest BCUT2D eigenvalue weighted by atomic mass is 10.2. The Labute approximate surface area is 122 Å². The molecule has 0 aromatic heterocycles. The van der Waals surface area contributed by atoms with Gasteiger partial charge in [-0.05, 0) is 42.4 Å². The molecular weight excluding hydrogens is 281 g/mol. The van der Waals surface area contributed by atoms with E-state index in [9.17, 15) is 4.39 Å². The smallest absolute Gasteiger partial charge is 0.124 e. The molecule has 2 rings (SSSR count). The standard InChI is InChI=1S/C15H15ClFNS/c1-2-18-10-11-6-7-14(9-15(11)16)19-13-5-3-4-12(17)8-13/h3-9,18H,2,10H2,1H3. The third-order valence-electron chi connectivity index (χ3n) is 2.62. The summed E-state index contributed by atoms with van der Waals surface area (Å²) in [4.78, 5) is 1.88. The Hall–Kier alpha value is -1.03. The summed E-state index contributed by atoms with van der Waals surface area (Å²) in [7, 11) is 0. The fourth-order valence-electron chi connectivity index (χ4n) is 1.66. The molecule has 0 aliphatic carbocycles. The van der Waals surface area contributed by atoms with Gasteiger partial charge in [-0.15, -0.1) is 0 Å². The third kappa shape index (κ3) is 4.23. The Balaban J connectivity index is 2.11. The molecule has 0 amide bonds. The third-order valence-corrected chi connectivity index (χ3v) is 3.95. The summed E-state index contributed by atoms with van der Waals surface area (Å²) in [5.74, 6) is -0.222. The highest BCUT2D eigenvalue weighted by Crippen LogP contribution is 2.31. The summed E-state index contributed by atoms with van der Waals surface area (Å²) in [6, 6.07) is 12.5. The van der Waals surface area contributed by atoms with E-state index in [1.54, 1.807) is 6.07 Å². The van der Waals surface area contributed by atoms with Gasteiger partial charge in [0.2, 0.25) is 0 Å². The van der Waals surface area contributed by atoms with Gasteiger partial charge in [-0.1, -0.05) is 42.4 Å². The van der Waals surface area contributed by atoms with Gasteiger partial charge in [0.25, 0.3) is 0 Å². The quantitative estimate of drug-likeness (QED) is 0.855. The highest BCUT2D eigenvalue weighted by atomic mass is 35.5. The van der Waals surface area contributed by atoms with Crippen molar-refractivity contribution >= 4 is 23.4 Å². The number of rotatable bonds is 5. The normalized spacial score (nSPS) is 10.7. The van der Waals surface area contributed by atoms with Crippen molar-refractivity contribution in [2.45, 2.75) is 23.3 Å². The average molecular weight is 296 g/mol. The second-order valence-electron chi connectivity index (χ2n) is 4.09. The van der Waals surface area contributed by atoms with Crippen LogP contribution in [0, 0.1) is 5.82 Å². The largest absolute Gasteiger partial charge is 0.313 e. The van der Waals surface area contributed by atoms with Crippen LogP contribution in [0.3, 0.4) is 0 Å². The Morgan fingerprint density at radius 2 is 1.95 bits per heavy atom. The van der Waals surface area contributed by atoms with Crippen LogP contribution >= 0.6 is 23.4 Å². The molecule has 0 radical (unpaired) electrons. The maximum absolute atomic E-state index is 13.1. The summed E-state index contributed by atoms with van der Waals surface area (Å²) >= 11 is 7.74. The Bertz CT molecular complexity index is 560. The molecule has 0 unspecified atom stereocenters. The van der Waals surface area contributed by atoms with Gasteiger partial charge < -0.3 is 5.32 Å². The Morgan fingerprint density at radius 1 is 1.16 bits per heavy atom. The average Bonchev–Trinajstić information content (AvgIpc) is 2.38. The van der Waals surface area contributed by atoms with Crippen LogP contribution in [-0.4, -0.2) is 6.54 Å². The second-order valence-corrected chi connectivity index (χ2v) is 5.65. The lowest BCUT2D eigenvalue weighted by Gasteiger charge is -2.07. The van der Waals surface area contributed by atoms with Crippen LogP contribution in [0.15, 0.2) is 52.3 Å². The van der Waals surface area contributed by atoms with Crippen molar-refractivity contribution in [1.29, 1.82) is 0 Å². The summed E-state index contributed by atoms with van der Waals surface area (Å²) in [6.45, 7) is 3.73. The van der Waals surface area contributed by atoms with Crippen LogP contribution < -0.4 is 5.32 Å². The molecule has 1 nitrogen and oxygen atoms in total. The first-order valence-corrected chi connectivity index (χ1v) is 7.31. The lowest BCUT2D eigenvalue weighted by Crippen LogP contribution is -2.11. The SMILES string of the molecule is CCNCc1ccc(Sc2cccc(F)c2)cc1Cl. The molecule has 0 heterocycles. The number of hydrogen-bond acceptors (Lipinski definition) is 2. The van der Waals surface area contributed by atoms with Crippen LogP contribution in [0.5, 0.6) is 0 Å². The van der Waals surface area contributed by atoms with Crippen molar-refractivity contribution < 1.29 is 4.39 Å². The Kier molecular flexibility index (Phi) is 5.25. The molecule has 0 spiro atoms. The second kappa shape index (κ2) is 6.94. The number of hydrogen-bond donors (Lipinski definition) is 1. The molecule has 0 aliphatic rings. The molecule has 2 aromatic rings. The van der Waals surface area contributed by atoms with Crippen molar-refractivity contribution in [1.82, 2.24) is 5.32 Å². The molecule has 2 aromatic carbocycles. The van der Waals surface area contributed by atoms with Gasteiger partial charge in [0.05, 0.1) is 0 Å². The van der Waals surface area contributed by atoms with E-state index in [1.165, 1.54) is 23.9 Å². The lowest BCUT2D eigenvalue weighted by molar-refractivity contribution is 0.624. The highest BCUT2D eigenvalue weighted by molar-refractivity contribution is 7.99. The summed E-state index contributed by atoms with van der Waals surface area (Å²) in [5, 5.41) is 3.98. The van der Waals surface area contributed by atoms with Crippen LogP contribution in [0.2, 0.25) is 5.02 Å². The first-order valence-electron chi connectivity index (χ1n) is 6.11. The first kappa shape index (κ1) is 14.4. The minimum absolute atomic E-state index is 0.222. The van der Waals surface area contributed by atoms with Gasteiger partial charge in [-0.2, -0.15) is 0 Å². The molecule has 0 saturated heterocycles. The predicted octanol–water partition coefficient (Wildman–Crippen LogP) is 4.74. The maximum atomic E-state index is 13.1. The molecule has 4 heteroatoms. The van der Waals surface area contributed by atoms with Crippen LogP contribution in [0.1, 0.15) is 12.5 Å². The number of halogens is 2. The minimum Gasteiger partial charge on any atom is -0.313 e.